The van der Waals surface area contributed by atoms with Crippen molar-refractivity contribution in [2.75, 3.05) is 13.7 Å². The molecular weight excluding hydrogens is 326 g/mol. The number of methoxy groups -OCH3 is 1. The van der Waals surface area contributed by atoms with E-state index in [1.807, 2.05) is 12.1 Å². The number of fused-ring (bicyclic) bond motifs is 1. The molecule has 0 spiro atoms. The number of hydrogen-bond acceptors (Lipinski definition) is 4. The zero-order chi connectivity index (χ0) is 18.9. The van der Waals surface area contributed by atoms with Crippen molar-refractivity contribution in [1.29, 1.82) is 0 Å². The molecule has 0 bridgehead atoms. The van der Waals surface area contributed by atoms with E-state index in [0.717, 1.165) is 61.2 Å². The van der Waals surface area contributed by atoms with Crippen LogP contribution in [0.25, 0.3) is 17.1 Å². The first kappa shape index (κ1) is 20.2. The van der Waals surface area contributed by atoms with Gasteiger partial charge in [-0.1, -0.05) is 33.3 Å². The van der Waals surface area contributed by atoms with E-state index in [0.29, 0.717) is 6.04 Å². The van der Waals surface area contributed by atoms with E-state index in [1.165, 1.54) is 13.2 Å². The van der Waals surface area contributed by atoms with Gasteiger partial charge in [-0.3, -0.25) is 0 Å². The van der Waals surface area contributed by atoms with Crippen LogP contribution in [0.5, 0.6) is 0 Å². The third kappa shape index (κ3) is 5.70. The van der Waals surface area contributed by atoms with Crippen molar-refractivity contribution >= 4 is 23.1 Å². The smallest absolute Gasteiger partial charge is 0.330 e. The van der Waals surface area contributed by atoms with E-state index in [4.69, 9.17) is 4.98 Å². The predicted octanol–water partition coefficient (Wildman–Crippen LogP) is 3.95. The second-order valence-electron chi connectivity index (χ2n) is 6.85. The summed E-state index contributed by atoms with van der Waals surface area (Å²) in [6.07, 6.45) is 7.58. The number of imidazole rings is 1. The SMILES string of the molecule is CCCCc1nc2cc(/C=C/C(=O)OC)ccc2n1CCCNC(C)C. The maximum absolute atomic E-state index is 11.3. The van der Waals surface area contributed by atoms with Gasteiger partial charge < -0.3 is 14.6 Å². The van der Waals surface area contributed by atoms with Gasteiger partial charge >= 0.3 is 5.97 Å². The molecular formula is C21H31N3O2. The first-order chi connectivity index (χ1) is 12.5. The van der Waals surface area contributed by atoms with Crippen molar-refractivity contribution in [3.05, 3.63) is 35.7 Å². The second-order valence-corrected chi connectivity index (χ2v) is 6.85. The highest BCUT2D eigenvalue weighted by Crippen LogP contribution is 2.20. The lowest BCUT2D eigenvalue weighted by molar-refractivity contribution is -0.134. The molecule has 142 valence electrons. The Labute approximate surface area is 156 Å². The molecule has 0 aliphatic heterocycles. The van der Waals surface area contributed by atoms with Gasteiger partial charge in [0.1, 0.15) is 5.82 Å². The Bertz CT molecular complexity index is 747. The fourth-order valence-electron chi connectivity index (χ4n) is 2.94. The summed E-state index contributed by atoms with van der Waals surface area (Å²) in [4.78, 5) is 16.1. The van der Waals surface area contributed by atoms with Gasteiger partial charge in [-0.15, -0.1) is 0 Å². The van der Waals surface area contributed by atoms with Crippen LogP contribution in [0.3, 0.4) is 0 Å². The summed E-state index contributed by atoms with van der Waals surface area (Å²) in [6, 6.07) is 6.67. The first-order valence-corrected chi connectivity index (χ1v) is 9.53. The molecule has 1 aromatic heterocycles. The van der Waals surface area contributed by atoms with Crippen LogP contribution in [-0.4, -0.2) is 35.2 Å². The minimum absolute atomic E-state index is 0.350. The molecule has 0 aliphatic carbocycles. The summed E-state index contributed by atoms with van der Waals surface area (Å²) in [7, 11) is 1.38. The summed E-state index contributed by atoms with van der Waals surface area (Å²) in [6.45, 7) is 8.51. The summed E-state index contributed by atoms with van der Waals surface area (Å²) in [5.41, 5.74) is 3.10. The van der Waals surface area contributed by atoms with Gasteiger partial charge in [0.25, 0.3) is 0 Å². The Morgan fingerprint density at radius 3 is 2.85 bits per heavy atom. The normalized spacial score (nSPS) is 11.7. The summed E-state index contributed by atoms with van der Waals surface area (Å²) in [5.74, 6) is 0.803. The van der Waals surface area contributed by atoms with Gasteiger partial charge in [-0.2, -0.15) is 0 Å². The van der Waals surface area contributed by atoms with E-state index in [2.05, 4.69) is 41.5 Å². The Morgan fingerprint density at radius 1 is 1.35 bits per heavy atom. The van der Waals surface area contributed by atoms with Crippen LogP contribution in [0.15, 0.2) is 24.3 Å². The molecule has 0 radical (unpaired) electrons. The number of nitrogens with zero attached hydrogens (tertiary/aromatic N) is 2. The molecule has 26 heavy (non-hydrogen) atoms. The Kier molecular flexibility index (Phi) is 7.85. The largest absolute Gasteiger partial charge is 0.466 e. The lowest BCUT2D eigenvalue weighted by Gasteiger charge is -2.11. The number of carbonyl (C=O) groups excluding carboxylic acids is 1. The molecule has 0 saturated carbocycles. The van der Waals surface area contributed by atoms with Gasteiger partial charge in [-0.05, 0) is 43.2 Å². The lowest BCUT2D eigenvalue weighted by atomic mass is 10.2. The van der Waals surface area contributed by atoms with Crippen LogP contribution in [0, 0.1) is 0 Å². The monoisotopic (exact) mass is 357 g/mol. The molecule has 5 nitrogen and oxygen atoms in total. The van der Waals surface area contributed by atoms with E-state index in [9.17, 15) is 4.79 Å². The molecule has 0 saturated heterocycles. The van der Waals surface area contributed by atoms with Gasteiger partial charge in [0.15, 0.2) is 0 Å². The number of aromatic nitrogens is 2. The molecule has 0 atom stereocenters. The van der Waals surface area contributed by atoms with E-state index >= 15 is 0 Å². The van der Waals surface area contributed by atoms with Crippen molar-refractivity contribution in [3.63, 3.8) is 0 Å². The van der Waals surface area contributed by atoms with Crippen LogP contribution in [0.4, 0.5) is 0 Å². The van der Waals surface area contributed by atoms with Crippen LogP contribution in [-0.2, 0) is 22.5 Å². The van der Waals surface area contributed by atoms with Gasteiger partial charge in [0.2, 0.25) is 0 Å². The average Bonchev–Trinajstić information content (AvgIpc) is 2.98. The van der Waals surface area contributed by atoms with Crippen molar-refractivity contribution in [3.8, 4) is 0 Å². The minimum Gasteiger partial charge on any atom is -0.466 e. The molecule has 0 unspecified atom stereocenters. The highest BCUT2D eigenvalue weighted by Gasteiger charge is 2.10. The minimum atomic E-state index is -0.350. The van der Waals surface area contributed by atoms with Crippen molar-refractivity contribution in [2.24, 2.45) is 0 Å². The fraction of sp³-hybridized carbons (Fsp3) is 0.524. The highest BCUT2D eigenvalue weighted by molar-refractivity contribution is 5.88. The molecule has 2 aromatic rings. The number of carbonyl (C=O) groups is 1. The Morgan fingerprint density at radius 2 is 2.15 bits per heavy atom. The predicted molar refractivity (Wildman–Crippen MR) is 107 cm³/mol. The second kappa shape index (κ2) is 10.1. The zero-order valence-electron chi connectivity index (χ0n) is 16.4. The fourth-order valence-corrected chi connectivity index (χ4v) is 2.94. The van der Waals surface area contributed by atoms with Crippen LogP contribution in [0.2, 0.25) is 0 Å². The third-order valence-corrected chi connectivity index (χ3v) is 4.33. The number of nitrogens with one attached hydrogen (secondary N) is 1. The molecule has 5 heteroatoms. The van der Waals surface area contributed by atoms with Crippen molar-refractivity contribution in [2.45, 2.75) is 59.0 Å². The molecule has 0 fully saturated rings. The van der Waals surface area contributed by atoms with E-state index in [-0.39, 0.29) is 5.97 Å². The maximum Gasteiger partial charge on any atom is 0.330 e. The molecule has 0 amide bonds. The van der Waals surface area contributed by atoms with E-state index < -0.39 is 0 Å². The van der Waals surface area contributed by atoms with Gasteiger partial charge in [0, 0.05) is 25.1 Å². The average molecular weight is 357 g/mol. The van der Waals surface area contributed by atoms with Gasteiger partial charge in [-0.25, -0.2) is 9.78 Å². The molecule has 1 heterocycles. The maximum atomic E-state index is 11.3. The lowest BCUT2D eigenvalue weighted by Crippen LogP contribution is -2.24. The van der Waals surface area contributed by atoms with Crippen molar-refractivity contribution in [1.82, 2.24) is 14.9 Å². The number of ether oxygens (including phenoxy) is 1. The molecule has 1 aromatic carbocycles. The number of esters is 1. The number of unbranched alkanes of at least 4 members (excludes halogenated alkanes) is 1. The summed E-state index contributed by atoms with van der Waals surface area (Å²) < 4.78 is 7.00. The number of rotatable bonds is 10. The Hall–Kier alpha value is -2.14. The first-order valence-electron chi connectivity index (χ1n) is 9.53. The molecule has 0 aliphatic rings. The Balaban J connectivity index is 2.23. The number of benzene rings is 1. The molecule has 2 rings (SSSR count). The standard InChI is InChI=1S/C21H31N3O2/c1-5-6-8-20-23-18-15-17(10-12-21(25)26-4)9-11-19(18)24(20)14-7-13-22-16(2)3/h9-12,15-16,22H,5-8,13-14H2,1-4H3/b12-10+. The topological polar surface area (TPSA) is 56.1 Å². The van der Waals surface area contributed by atoms with Crippen LogP contribution in [0.1, 0.15) is 51.4 Å². The zero-order valence-corrected chi connectivity index (χ0v) is 16.4. The third-order valence-electron chi connectivity index (χ3n) is 4.33. The number of aryl methyl sites for hydroxylation is 2. The summed E-state index contributed by atoms with van der Waals surface area (Å²) >= 11 is 0. The van der Waals surface area contributed by atoms with Gasteiger partial charge in [0.05, 0.1) is 18.1 Å². The molecule has 1 N–H and O–H groups in total. The van der Waals surface area contributed by atoms with E-state index in [1.54, 1.807) is 6.08 Å². The highest BCUT2D eigenvalue weighted by atomic mass is 16.5. The quantitative estimate of drug-likeness (QED) is 0.397. The van der Waals surface area contributed by atoms with Crippen LogP contribution >= 0.6 is 0 Å². The summed E-state index contributed by atoms with van der Waals surface area (Å²) in [5, 5.41) is 3.47. The number of hydrogen-bond donors (Lipinski definition) is 1. The van der Waals surface area contributed by atoms with Crippen molar-refractivity contribution < 1.29 is 9.53 Å². The van der Waals surface area contributed by atoms with Crippen LogP contribution < -0.4 is 5.32 Å².